The molecule has 3 atom stereocenters. The normalized spacial score (nSPS) is 26.2. The van der Waals surface area contributed by atoms with Gasteiger partial charge in [0.05, 0.1) is 18.2 Å². The van der Waals surface area contributed by atoms with Crippen molar-refractivity contribution < 1.29 is 4.74 Å². The molecule has 0 spiro atoms. The lowest BCUT2D eigenvalue weighted by molar-refractivity contribution is 0.0992. The summed E-state index contributed by atoms with van der Waals surface area (Å²) in [6, 6.07) is 8.45. The van der Waals surface area contributed by atoms with E-state index in [1.165, 1.54) is 12.0 Å². The van der Waals surface area contributed by atoms with Crippen molar-refractivity contribution in [2.75, 3.05) is 13.6 Å². The lowest BCUT2D eigenvalue weighted by atomic mass is 9.84. The first-order valence-corrected chi connectivity index (χ1v) is 8.74. The summed E-state index contributed by atoms with van der Waals surface area (Å²) in [7, 11) is 1.82. The topological polar surface area (TPSA) is 45.7 Å². The van der Waals surface area contributed by atoms with E-state index in [0.717, 1.165) is 30.4 Å². The van der Waals surface area contributed by atoms with Gasteiger partial charge in [0.25, 0.3) is 0 Å². The van der Waals surface area contributed by atoms with Gasteiger partial charge in [0.1, 0.15) is 0 Å². The van der Waals surface area contributed by atoms with Crippen LogP contribution in [0.5, 0.6) is 0 Å². The summed E-state index contributed by atoms with van der Waals surface area (Å²) in [6.07, 6.45) is 4.25. The van der Waals surface area contributed by atoms with Gasteiger partial charge < -0.3 is 15.4 Å². The number of rotatable bonds is 4. The molecule has 0 aliphatic carbocycles. The minimum atomic E-state index is -0.00656. The van der Waals surface area contributed by atoms with Crippen molar-refractivity contribution >= 4 is 41.5 Å². The van der Waals surface area contributed by atoms with Crippen LogP contribution in [0.3, 0.4) is 0 Å². The Morgan fingerprint density at radius 3 is 2.54 bits per heavy atom. The summed E-state index contributed by atoms with van der Waals surface area (Å²) in [4.78, 5) is 4.36. The molecule has 0 radical (unpaired) electrons. The van der Waals surface area contributed by atoms with Crippen LogP contribution < -0.4 is 10.6 Å². The molecule has 0 saturated carbocycles. The van der Waals surface area contributed by atoms with Crippen LogP contribution in [0.4, 0.5) is 0 Å². The van der Waals surface area contributed by atoms with Crippen molar-refractivity contribution in [2.24, 2.45) is 4.99 Å². The van der Waals surface area contributed by atoms with Gasteiger partial charge in [-0.15, -0.1) is 24.0 Å². The van der Waals surface area contributed by atoms with E-state index in [4.69, 9.17) is 16.3 Å². The van der Waals surface area contributed by atoms with Crippen LogP contribution in [0, 0.1) is 0 Å². The zero-order chi connectivity index (χ0) is 16.4. The van der Waals surface area contributed by atoms with E-state index in [-0.39, 0.29) is 29.4 Å². The zero-order valence-electron chi connectivity index (χ0n) is 14.5. The average molecular weight is 464 g/mol. The Bertz CT molecular complexity index is 576. The third kappa shape index (κ3) is 4.55. The number of halogens is 2. The van der Waals surface area contributed by atoms with E-state index in [2.05, 4.69) is 41.6 Å². The molecule has 1 aromatic rings. The first kappa shape index (κ1) is 19.8. The average Bonchev–Trinajstić information content (AvgIpc) is 3.14. The molecular formula is C18H27ClIN3O. The molecule has 2 heterocycles. The number of hydrogen-bond donors (Lipinski definition) is 2. The second-order valence-electron chi connectivity index (χ2n) is 7.18. The third-order valence-electron chi connectivity index (χ3n) is 4.98. The molecular weight excluding hydrogens is 437 g/mol. The smallest absolute Gasteiger partial charge is 0.191 e. The van der Waals surface area contributed by atoms with Crippen LogP contribution in [0.15, 0.2) is 29.3 Å². The minimum Gasteiger partial charge on any atom is -0.373 e. The van der Waals surface area contributed by atoms with Crippen molar-refractivity contribution in [3.8, 4) is 0 Å². The maximum Gasteiger partial charge on any atom is 0.191 e. The molecule has 3 unspecified atom stereocenters. The lowest BCUT2D eigenvalue weighted by Crippen LogP contribution is -2.49. The molecule has 4 nitrogen and oxygen atoms in total. The number of fused-ring (bicyclic) bond motifs is 2. The first-order chi connectivity index (χ1) is 11.0. The van der Waals surface area contributed by atoms with Crippen LogP contribution in [0.2, 0.25) is 5.02 Å². The van der Waals surface area contributed by atoms with Crippen molar-refractivity contribution in [1.82, 2.24) is 10.6 Å². The number of hydrogen-bond acceptors (Lipinski definition) is 2. The molecule has 24 heavy (non-hydrogen) atoms. The van der Waals surface area contributed by atoms with Crippen molar-refractivity contribution in [3.05, 3.63) is 34.9 Å². The summed E-state index contributed by atoms with van der Waals surface area (Å²) in [5.74, 6) is 0.855. The van der Waals surface area contributed by atoms with E-state index in [9.17, 15) is 0 Å². The fraction of sp³-hybridized carbons (Fsp3) is 0.611. The van der Waals surface area contributed by atoms with Crippen molar-refractivity contribution in [2.45, 2.75) is 56.8 Å². The molecule has 3 rings (SSSR count). The number of aliphatic imine (C=N–C) groups is 1. The summed E-state index contributed by atoms with van der Waals surface area (Å²) < 4.78 is 5.90. The second kappa shape index (κ2) is 8.23. The van der Waals surface area contributed by atoms with Crippen LogP contribution in [-0.2, 0) is 10.2 Å². The maximum atomic E-state index is 5.98. The highest BCUT2D eigenvalue weighted by atomic mass is 127. The predicted molar refractivity (Wildman–Crippen MR) is 111 cm³/mol. The lowest BCUT2D eigenvalue weighted by Gasteiger charge is -2.28. The predicted octanol–water partition coefficient (Wildman–Crippen LogP) is 3.72. The Hall–Kier alpha value is -0.530. The summed E-state index contributed by atoms with van der Waals surface area (Å²) in [6.45, 7) is 5.24. The number of benzene rings is 1. The van der Waals surface area contributed by atoms with Crippen LogP contribution in [-0.4, -0.2) is 37.8 Å². The van der Waals surface area contributed by atoms with Crippen LogP contribution in [0.25, 0.3) is 0 Å². The molecule has 1 aromatic carbocycles. The Morgan fingerprint density at radius 2 is 2.00 bits per heavy atom. The van der Waals surface area contributed by atoms with Crippen molar-refractivity contribution in [1.29, 1.82) is 0 Å². The number of nitrogens with zero attached hydrogens (tertiary/aromatic N) is 1. The highest BCUT2D eigenvalue weighted by Gasteiger charge is 2.41. The van der Waals surface area contributed by atoms with Crippen LogP contribution >= 0.6 is 35.6 Å². The quantitative estimate of drug-likeness (QED) is 0.406. The summed E-state index contributed by atoms with van der Waals surface area (Å²) in [5.41, 5.74) is 1.25. The molecule has 2 aliphatic heterocycles. The highest BCUT2D eigenvalue weighted by molar-refractivity contribution is 14.0. The van der Waals surface area contributed by atoms with E-state index in [1.807, 2.05) is 19.2 Å². The maximum absolute atomic E-state index is 5.98. The van der Waals surface area contributed by atoms with Crippen LogP contribution in [0.1, 0.15) is 38.7 Å². The molecule has 134 valence electrons. The molecule has 2 saturated heterocycles. The fourth-order valence-corrected chi connectivity index (χ4v) is 3.59. The molecule has 0 amide bonds. The van der Waals surface area contributed by atoms with Gasteiger partial charge >= 0.3 is 0 Å². The Kier molecular flexibility index (Phi) is 6.79. The molecule has 2 aliphatic rings. The monoisotopic (exact) mass is 463 g/mol. The number of nitrogens with one attached hydrogen (secondary N) is 2. The van der Waals surface area contributed by atoms with Gasteiger partial charge in [0, 0.05) is 24.0 Å². The van der Waals surface area contributed by atoms with Gasteiger partial charge in [-0.05, 0) is 37.0 Å². The number of guanidine groups is 1. The Balaban J connectivity index is 0.00000208. The second-order valence-corrected chi connectivity index (χ2v) is 7.61. The molecule has 6 heteroatoms. The van der Waals surface area contributed by atoms with E-state index in [0.29, 0.717) is 18.2 Å². The molecule has 0 aromatic heterocycles. The van der Waals surface area contributed by atoms with E-state index in [1.54, 1.807) is 0 Å². The van der Waals surface area contributed by atoms with Gasteiger partial charge in [0.2, 0.25) is 0 Å². The summed E-state index contributed by atoms with van der Waals surface area (Å²) in [5, 5.41) is 7.75. The Labute approximate surface area is 166 Å². The molecule has 2 fully saturated rings. The van der Waals surface area contributed by atoms with Gasteiger partial charge in [-0.1, -0.05) is 37.6 Å². The van der Waals surface area contributed by atoms with Gasteiger partial charge in [-0.2, -0.15) is 0 Å². The van der Waals surface area contributed by atoms with Gasteiger partial charge in [-0.3, -0.25) is 4.99 Å². The van der Waals surface area contributed by atoms with Gasteiger partial charge in [0.15, 0.2) is 5.96 Å². The number of ether oxygens (including phenoxy) is 1. The standard InChI is InChI=1S/C18H26ClN3O.HI/c1-18(2,12-4-6-13(19)7-5-12)11-21-17(20-3)22-15-10-14-8-9-16(15)23-14;/h4-7,14-16H,8-11H2,1-3H3,(H2,20,21,22);1H. The minimum absolute atomic E-state index is 0. The highest BCUT2D eigenvalue weighted by Crippen LogP contribution is 2.34. The molecule has 2 N–H and O–H groups in total. The van der Waals surface area contributed by atoms with E-state index < -0.39 is 0 Å². The largest absolute Gasteiger partial charge is 0.373 e. The van der Waals surface area contributed by atoms with Gasteiger partial charge in [-0.25, -0.2) is 0 Å². The SMILES string of the molecule is CN=C(NCC(C)(C)c1ccc(Cl)cc1)NC1CC2CCC1O2.I. The van der Waals surface area contributed by atoms with E-state index >= 15 is 0 Å². The Morgan fingerprint density at radius 1 is 1.29 bits per heavy atom. The first-order valence-electron chi connectivity index (χ1n) is 8.36. The fourth-order valence-electron chi connectivity index (χ4n) is 3.47. The third-order valence-corrected chi connectivity index (χ3v) is 5.23. The zero-order valence-corrected chi connectivity index (χ0v) is 17.6. The summed E-state index contributed by atoms with van der Waals surface area (Å²) >= 11 is 5.98. The molecule has 2 bridgehead atoms. The van der Waals surface area contributed by atoms with Crippen molar-refractivity contribution in [3.63, 3.8) is 0 Å².